The van der Waals surface area contributed by atoms with Crippen molar-refractivity contribution in [3.05, 3.63) is 23.8 Å². The van der Waals surface area contributed by atoms with Crippen molar-refractivity contribution in [2.24, 2.45) is 11.7 Å². The maximum absolute atomic E-state index is 9.83. The van der Waals surface area contributed by atoms with Gasteiger partial charge in [-0.2, -0.15) is 0 Å². The Labute approximate surface area is 95.7 Å². The summed E-state index contributed by atoms with van der Waals surface area (Å²) in [7, 11) is 1.53. The highest BCUT2D eigenvalue weighted by molar-refractivity contribution is 5.41. The van der Waals surface area contributed by atoms with Gasteiger partial charge in [-0.15, -0.1) is 0 Å². The van der Waals surface area contributed by atoms with Crippen LogP contribution >= 0.6 is 0 Å². The fourth-order valence-electron chi connectivity index (χ4n) is 1.53. The second kappa shape index (κ2) is 5.18. The molecule has 0 saturated carbocycles. The van der Waals surface area contributed by atoms with E-state index < -0.39 is 12.1 Å². The summed E-state index contributed by atoms with van der Waals surface area (Å²) < 4.78 is 4.97. The lowest BCUT2D eigenvalue weighted by Gasteiger charge is -2.23. The predicted octanol–water partition coefficient (Wildman–Crippen LogP) is 1.42. The van der Waals surface area contributed by atoms with Crippen molar-refractivity contribution in [2.45, 2.75) is 26.0 Å². The smallest absolute Gasteiger partial charge is 0.124 e. The van der Waals surface area contributed by atoms with Gasteiger partial charge in [0.1, 0.15) is 11.5 Å². The maximum atomic E-state index is 9.83. The molecule has 0 spiro atoms. The number of ether oxygens (including phenoxy) is 1. The summed E-state index contributed by atoms with van der Waals surface area (Å²) in [5.41, 5.74) is 6.41. The molecule has 0 amide bonds. The summed E-state index contributed by atoms with van der Waals surface area (Å²) >= 11 is 0. The SMILES string of the molecule is COc1ccc([C@@H](N)[C@@H](O)C(C)C)c(O)c1. The van der Waals surface area contributed by atoms with Crippen LogP contribution in [0.1, 0.15) is 25.5 Å². The van der Waals surface area contributed by atoms with E-state index in [2.05, 4.69) is 0 Å². The molecule has 0 heterocycles. The number of benzene rings is 1. The highest BCUT2D eigenvalue weighted by atomic mass is 16.5. The summed E-state index contributed by atoms with van der Waals surface area (Å²) in [6, 6.07) is 4.28. The largest absolute Gasteiger partial charge is 0.507 e. The minimum absolute atomic E-state index is 0.0384. The molecule has 0 bridgehead atoms. The van der Waals surface area contributed by atoms with Crippen LogP contribution in [0, 0.1) is 5.92 Å². The van der Waals surface area contributed by atoms with Gasteiger partial charge >= 0.3 is 0 Å². The van der Waals surface area contributed by atoms with E-state index in [0.717, 1.165) is 0 Å². The molecule has 4 N–H and O–H groups in total. The van der Waals surface area contributed by atoms with Crippen LogP contribution < -0.4 is 10.5 Å². The fraction of sp³-hybridized carbons (Fsp3) is 0.500. The number of phenolic OH excluding ortho intramolecular Hbond substituents is 1. The number of aromatic hydroxyl groups is 1. The molecule has 2 atom stereocenters. The first-order chi connectivity index (χ1) is 7.47. The van der Waals surface area contributed by atoms with Gasteiger partial charge in [-0.1, -0.05) is 13.8 Å². The quantitative estimate of drug-likeness (QED) is 0.724. The summed E-state index contributed by atoms with van der Waals surface area (Å²) in [4.78, 5) is 0. The van der Waals surface area contributed by atoms with E-state index in [1.54, 1.807) is 12.1 Å². The minimum atomic E-state index is -0.681. The standard InChI is InChI=1S/C12H19NO3/c1-7(2)12(15)11(13)9-5-4-8(16-3)6-10(9)14/h4-7,11-12,14-15H,13H2,1-3H3/t11-,12+/m1/s1. The van der Waals surface area contributed by atoms with Gasteiger partial charge in [0, 0.05) is 11.6 Å². The molecule has 1 aromatic rings. The van der Waals surface area contributed by atoms with Gasteiger partial charge in [-0.05, 0) is 18.1 Å². The monoisotopic (exact) mass is 225 g/mol. The van der Waals surface area contributed by atoms with Gasteiger partial charge in [0.15, 0.2) is 0 Å². The van der Waals surface area contributed by atoms with Crippen LogP contribution in [-0.2, 0) is 0 Å². The first-order valence-electron chi connectivity index (χ1n) is 5.28. The molecule has 4 nitrogen and oxygen atoms in total. The lowest BCUT2D eigenvalue weighted by atomic mass is 9.94. The van der Waals surface area contributed by atoms with Crippen LogP contribution in [0.25, 0.3) is 0 Å². The van der Waals surface area contributed by atoms with Gasteiger partial charge in [0.25, 0.3) is 0 Å². The lowest BCUT2D eigenvalue weighted by molar-refractivity contribution is 0.0969. The van der Waals surface area contributed by atoms with Gasteiger partial charge in [0.2, 0.25) is 0 Å². The zero-order valence-corrected chi connectivity index (χ0v) is 9.84. The van der Waals surface area contributed by atoms with Crippen molar-refractivity contribution < 1.29 is 14.9 Å². The number of rotatable bonds is 4. The van der Waals surface area contributed by atoms with Crippen LogP contribution in [-0.4, -0.2) is 23.4 Å². The molecule has 0 saturated heterocycles. The molecular weight excluding hydrogens is 206 g/mol. The van der Waals surface area contributed by atoms with E-state index in [-0.39, 0.29) is 11.7 Å². The third-order valence-corrected chi connectivity index (χ3v) is 2.65. The van der Waals surface area contributed by atoms with E-state index in [1.165, 1.54) is 13.2 Å². The average Bonchev–Trinajstić information content (AvgIpc) is 2.26. The zero-order chi connectivity index (χ0) is 12.3. The summed E-state index contributed by atoms with van der Waals surface area (Å²) in [6.07, 6.45) is -0.681. The molecule has 0 radical (unpaired) electrons. The number of methoxy groups -OCH3 is 1. The minimum Gasteiger partial charge on any atom is -0.507 e. The number of hydrogen-bond acceptors (Lipinski definition) is 4. The zero-order valence-electron chi connectivity index (χ0n) is 9.84. The second-order valence-corrected chi connectivity index (χ2v) is 4.19. The van der Waals surface area contributed by atoms with Crippen molar-refractivity contribution in [1.82, 2.24) is 0 Å². The van der Waals surface area contributed by atoms with E-state index in [0.29, 0.717) is 11.3 Å². The Hall–Kier alpha value is -1.26. The lowest BCUT2D eigenvalue weighted by Crippen LogP contribution is -2.30. The Morgan fingerprint density at radius 3 is 2.38 bits per heavy atom. The Kier molecular flexibility index (Phi) is 4.15. The molecule has 90 valence electrons. The number of hydrogen-bond donors (Lipinski definition) is 3. The van der Waals surface area contributed by atoms with E-state index >= 15 is 0 Å². The fourth-order valence-corrected chi connectivity index (χ4v) is 1.53. The molecule has 0 unspecified atom stereocenters. The molecule has 16 heavy (non-hydrogen) atoms. The Balaban J connectivity index is 2.96. The van der Waals surface area contributed by atoms with Crippen molar-refractivity contribution in [3.63, 3.8) is 0 Å². The normalized spacial score (nSPS) is 14.9. The van der Waals surface area contributed by atoms with Crippen molar-refractivity contribution in [3.8, 4) is 11.5 Å². The number of aliphatic hydroxyl groups excluding tert-OH is 1. The third-order valence-electron chi connectivity index (χ3n) is 2.65. The molecule has 0 aliphatic rings. The maximum Gasteiger partial charge on any atom is 0.124 e. The molecule has 0 aliphatic carbocycles. The molecule has 0 fully saturated rings. The van der Waals surface area contributed by atoms with Crippen molar-refractivity contribution in [1.29, 1.82) is 0 Å². The average molecular weight is 225 g/mol. The summed E-state index contributed by atoms with van der Waals surface area (Å²) in [5.74, 6) is 0.649. The van der Waals surface area contributed by atoms with E-state index in [4.69, 9.17) is 10.5 Å². The van der Waals surface area contributed by atoms with Crippen LogP contribution in [0.2, 0.25) is 0 Å². The van der Waals surface area contributed by atoms with Crippen molar-refractivity contribution >= 4 is 0 Å². The second-order valence-electron chi connectivity index (χ2n) is 4.19. The van der Waals surface area contributed by atoms with Gasteiger partial charge in [-0.3, -0.25) is 0 Å². The first kappa shape index (κ1) is 12.8. The van der Waals surface area contributed by atoms with Gasteiger partial charge < -0.3 is 20.7 Å². The third kappa shape index (κ3) is 2.65. The van der Waals surface area contributed by atoms with E-state index in [1.807, 2.05) is 13.8 Å². The van der Waals surface area contributed by atoms with Crippen LogP contribution in [0.4, 0.5) is 0 Å². The van der Waals surface area contributed by atoms with Crippen LogP contribution in [0.5, 0.6) is 11.5 Å². The first-order valence-corrected chi connectivity index (χ1v) is 5.28. The molecule has 1 aromatic carbocycles. The highest BCUT2D eigenvalue weighted by Gasteiger charge is 2.22. The highest BCUT2D eigenvalue weighted by Crippen LogP contribution is 2.30. The van der Waals surface area contributed by atoms with Crippen molar-refractivity contribution in [2.75, 3.05) is 7.11 Å². The predicted molar refractivity (Wildman–Crippen MR) is 62.4 cm³/mol. The Morgan fingerprint density at radius 1 is 1.31 bits per heavy atom. The molecular formula is C12H19NO3. The van der Waals surface area contributed by atoms with Crippen LogP contribution in [0.3, 0.4) is 0 Å². The van der Waals surface area contributed by atoms with E-state index in [9.17, 15) is 10.2 Å². The number of phenols is 1. The molecule has 1 rings (SSSR count). The summed E-state index contributed by atoms with van der Waals surface area (Å²) in [5, 5.41) is 19.6. The summed E-state index contributed by atoms with van der Waals surface area (Å²) in [6.45, 7) is 3.76. The topological polar surface area (TPSA) is 75.7 Å². The Bertz CT molecular complexity index is 352. The number of aliphatic hydroxyl groups is 1. The Morgan fingerprint density at radius 2 is 1.94 bits per heavy atom. The molecule has 4 heteroatoms. The van der Waals surface area contributed by atoms with Gasteiger partial charge in [-0.25, -0.2) is 0 Å². The molecule has 0 aliphatic heterocycles. The van der Waals surface area contributed by atoms with Crippen LogP contribution in [0.15, 0.2) is 18.2 Å². The van der Waals surface area contributed by atoms with Gasteiger partial charge in [0.05, 0.1) is 19.3 Å². The number of nitrogens with two attached hydrogens (primary N) is 1. The molecule has 0 aromatic heterocycles.